The van der Waals surface area contributed by atoms with Crippen LogP contribution in [0.1, 0.15) is 32.3 Å². The van der Waals surface area contributed by atoms with Gasteiger partial charge >= 0.3 is 0 Å². The van der Waals surface area contributed by atoms with Crippen LogP contribution in [0.2, 0.25) is 0 Å². The molecule has 0 aliphatic heterocycles. The Morgan fingerprint density at radius 3 is 2.26 bits per heavy atom. The Morgan fingerprint density at radius 1 is 1.06 bits per heavy atom. The second-order valence-corrected chi connectivity index (χ2v) is 10.3. The predicted octanol–water partition coefficient (Wildman–Crippen LogP) is 3.65. The van der Waals surface area contributed by atoms with Crippen molar-refractivity contribution in [3.8, 4) is 0 Å². The summed E-state index contributed by atoms with van der Waals surface area (Å²) in [4.78, 5) is 25.8. The first-order chi connectivity index (χ1) is 16.4. The zero-order valence-corrected chi connectivity index (χ0v) is 20.4. The third-order valence-corrected chi connectivity index (χ3v) is 6.12. The van der Waals surface area contributed by atoms with E-state index < -0.39 is 51.0 Å². The van der Waals surface area contributed by atoms with Crippen LogP contribution in [-0.2, 0) is 19.6 Å². The predicted molar refractivity (Wildman–Crippen MR) is 128 cm³/mol. The van der Waals surface area contributed by atoms with Gasteiger partial charge in [-0.2, -0.15) is 4.41 Å². The monoisotopic (exact) mass is 509 g/mol. The van der Waals surface area contributed by atoms with Gasteiger partial charge in [-0.3, -0.25) is 20.2 Å². The molecular weight excluding hydrogens is 480 g/mol. The summed E-state index contributed by atoms with van der Waals surface area (Å²) < 4.78 is 52.7. The average molecular weight is 510 g/mol. The Kier molecular flexibility index (Phi) is 9.90. The molecule has 0 aliphatic carbocycles. The largest absolute Gasteiger partial charge is 0.289 e. The van der Waals surface area contributed by atoms with Crippen molar-refractivity contribution in [2.75, 3.05) is 10.7 Å². The van der Waals surface area contributed by atoms with Gasteiger partial charge < -0.3 is 0 Å². The molecule has 0 fully saturated rings. The summed E-state index contributed by atoms with van der Waals surface area (Å²) in [6.07, 6.45) is 4.37. The summed E-state index contributed by atoms with van der Waals surface area (Å²) in [7, 11) is -4.24. The minimum absolute atomic E-state index is 0.0515. The van der Waals surface area contributed by atoms with Crippen molar-refractivity contribution in [3.05, 3.63) is 71.8 Å². The fourth-order valence-corrected chi connectivity index (χ4v) is 4.33. The number of hydrogen-bond donors (Lipinski definition) is 3. The average Bonchev–Trinajstić information content (AvgIpc) is 2.79. The number of sulfonamides is 1. The molecule has 35 heavy (non-hydrogen) atoms. The van der Waals surface area contributed by atoms with E-state index in [0.29, 0.717) is 10.5 Å². The Bertz CT molecular complexity index is 1160. The minimum Gasteiger partial charge on any atom is -0.289 e. The maximum atomic E-state index is 14.4. The van der Waals surface area contributed by atoms with Gasteiger partial charge in [0.1, 0.15) is 11.5 Å². The van der Waals surface area contributed by atoms with Crippen molar-refractivity contribution < 1.29 is 32.0 Å². The first-order valence-electron chi connectivity index (χ1n) is 10.9. The van der Waals surface area contributed by atoms with Crippen molar-refractivity contribution >= 4 is 33.6 Å². The molecule has 0 unspecified atom stereocenters. The van der Waals surface area contributed by atoms with Crippen LogP contribution in [0.3, 0.4) is 0 Å². The normalized spacial score (nSPS) is 13.5. The molecule has 0 aliphatic rings. The lowest BCUT2D eigenvalue weighted by atomic mass is 9.82. The molecule has 2 aromatic carbocycles. The molecule has 2 atom stereocenters. The second kappa shape index (κ2) is 12.4. The second-order valence-electron chi connectivity index (χ2n) is 8.47. The van der Waals surface area contributed by atoms with Crippen molar-refractivity contribution in [3.63, 3.8) is 0 Å². The summed E-state index contributed by atoms with van der Waals surface area (Å²) in [5, 5.41) is 9.29. The number of allylic oxidation sites excluding steroid dienone is 1. The van der Waals surface area contributed by atoms with Gasteiger partial charge in [0.25, 0.3) is 0 Å². The third-order valence-electron chi connectivity index (χ3n) is 5.17. The van der Waals surface area contributed by atoms with Crippen LogP contribution >= 0.6 is 0 Å². The van der Waals surface area contributed by atoms with Gasteiger partial charge in [0.15, 0.2) is 5.82 Å². The van der Waals surface area contributed by atoms with Crippen LogP contribution in [0.25, 0.3) is 6.08 Å². The summed E-state index contributed by atoms with van der Waals surface area (Å²) in [5.74, 6) is -6.08. The van der Waals surface area contributed by atoms with E-state index in [1.165, 1.54) is 0 Å². The van der Waals surface area contributed by atoms with Crippen LogP contribution in [0.4, 0.5) is 14.5 Å². The maximum absolute atomic E-state index is 14.4. The molecule has 3 N–H and O–H groups in total. The number of hydrogen-bond acceptors (Lipinski definition) is 5. The molecule has 2 aromatic rings. The highest BCUT2D eigenvalue weighted by atomic mass is 32.2. The maximum Gasteiger partial charge on any atom is 0.249 e. The van der Waals surface area contributed by atoms with Crippen LogP contribution in [0.5, 0.6) is 0 Å². The van der Waals surface area contributed by atoms with Gasteiger partial charge in [-0.1, -0.05) is 56.3 Å². The first kappa shape index (κ1) is 27.9. The van der Waals surface area contributed by atoms with Crippen LogP contribution in [0.15, 0.2) is 54.6 Å². The van der Waals surface area contributed by atoms with Crippen molar-refractivity contribution in [2.45, 2.75) is 26.7 Å². The number of nitrogens with zero attached hydrogens (tertiary/aromatic N) is 1. The number of carbonyl (C=O) groups is 2. The number of anilines is 1. The fourth-order valence-electron chi connectivity index (χ4n) is 3.56. The highest BCUT2D eigenvalue weighted by Gasteiger charge is 2.36. The van der Waals surface area contributed by atoms with Crippen LogP contribution in [0, 0.1) is 29.4 Å². The number of halogens is 2. The number of benzene rings is 2. The van der Waals surface area contributed by atoms with Crippen LogP contribution < -0.4 is 15.3 Å². The zero-order chi connectivity index (χ0) is 26.2. The van der Waals surface area contributed by atoms with Gasteiger partial charge in [0.05, 0.1) is 18.1 Å². The van der Waals surface area contributed by atoms with Gasteiger partial charge in [0.2, 0.25) is 21.8 Å². The molecule has 0 saturated carbocycles. The first-order valence-corrected chi connectivity index (χ1v) is 12.7. The molecule has 0 aromatic heterocycles. The standard InChI is InChI=1S/C24H29F2N3O5S/c1-16(2)14-20(19(24(31)28-32)11-7-10-17-8-5-4-6-9-17)23(30)27-29(35(3,33)34)22-13-12-18(25)15-21(22)26/h4-10,12-13,15-16,19-20,32H,11,14H2,1-3H3,(H,27,30)(H,28,31)/t19-,20+/m0/s1. The lowest BCUT2D eigenvalue weighted by Gasteiger charge is -2.29. The van der Waals surface area contributed by atoms with E-state index in [9.17, 15) is 32.0 Å². The molecule has 2 rings (SSSR count). The van der Waals surface area contributed by atoms with E-state index in [-0.39, 0.29) is 18.8 Å². The number of rotatable bonds is 11. The SMILES string of the molecule is CC(C)C[C@@H](C(=O)NN(c1ccc(F)cc1F)S(C)(=O)=O)[C@H](CC=Cc1ccccc1)C(=O)NO. The van der Waals surface area contributed by atoms with E-state index >= 15 is 0 Å². The van der Waals surface area contributed by atoms with Gasteiger partial charge in [-0.05, 0) is 36.5 Å². The third kappa shape index (κ3) is 8.15. The van der Waals surface area contributed by atoms with Gasteiger partial charge in [-0.25, -0.2) is 22.7 Å². The van der Waals surface area contributed by atoms with Gasteiger partial charge in [0, 0.05) is 6.07 Å². The van der Waals surface area contributed by atoms with E-state index in [0.717, 1.165) is 24.0 Å². The van der Waals surface area contributed by atoms with Crippen molar-refractivity contribution in [1.29, 1.82) is 0 Å². The van der Waals surface area contributed by atoms with Crippen LogP contribution in [-0.4, -0.2) is 31.7 Å². The Balaban J connectivity index is 2.39. The molecular formula is C24H29F2N3O5S. The lowest BCUT2D eigenvalue weighted by Crippen LogP contribution is -2.51. The highest BCUT2D eigenvalue weighted by Crippen LogP contribution is 2.27. The van der Waals surface area contributed by atoms with Crippen molar-refractivity contribution in [2.24, 2.45) is 17.8 Å². The summed E-state index contributed by atoms with van der Waals surface area (Å²) in [6, 6.07) is 11.4. The Labute approximate surface area is 203 Å². The number of nitrogens with one attached hydrogen (secondary N) is 2. The number of hydrazine groups is 1. The number of amides is 2. The molecule has 0 bridgehead atoms. The molecule has 2 amide bonds. The summed E-state index contributed by atoms with van der Waals surface area (Å²) >= 11 is 0. The molecule has 11 heteroatoms. The molecule has 0 saturated heterocycles. The number of carbonyl (C=O) groups excluding carboxylic acids is 2. The molecule has 0 spiro atoms. The Morgan fingerprint density at radius 2 is 1.71 bits per heavy atom. The van der Waals surface area contributed by atoms with Gasteiger partial charge in [-0.15, -0.1) is 0 Å². The van der Waals surface area contributed by atoms with E-state index in [2.05, 4.69) is 5.43 Å². The summed E-state index contributed by atoms with van der Waals surface area (Å²) in [6.45, 7) is 3.62. The highest BCUT2D eigenvalue weighted by molar-refractivity contribution is 7.92. The van der Waals surface area contributed by atoms with E-state index in [1.807, 2.05) is 44.2 Å². The quantitative estimate of drug-likeness (QED) is 0.316. The van der Waals surface area contributed by atoms with E-state index in [4.69, 9.17) is 0 Å². The Hall–Kier alpha value is -3.31. The number of hydroxylamine groups is 1. The van der Waals surface area contributed by atoms with E-state index in [1.54, 1.807) is 17.6 Å². The zero-order valence-electron chi connectivity index (χ0n) is 19.6. The molecule has 8 nitrogen and oxygen atoms in total. The molecule has 0 radical (unpaired) electrons. The molecule has 190 valence electrons. The summed E-state index contributed by atoms with van der Waals surface area (Å²) in [5.41, 5.74) is 4.00. The topological polar surface area (TPSA) is 116 Å². The smallest absolute Gasteiger partial charge is 0.249 e. The lowest BCUT2D eigenvalue weighted by molar-refractivity contribution is -0.140. The molecule has 0 heterocycles. The fraction of sp³-hybridized carbons (Fsp3) is 0.333. The van der Waals surface area contributed by atoms with Crippen molar-refractivity contribution in [1.82, 2.24) is 10.9 Å². The minimum atomic E-state index is -4.24.